The summed E-state index contributed by atoms with van der Waals surface area (Å²) in [6, 6.07) is 15.7. The minimum absolute atomic E-state index is 0.564. The van der Waals surface area contributed by atoms with Crippen LogP contribution in [0.2, 0.25) is 0 Å². The Morgan fingerprint density at radius 3 is 2.62 bits per heavy atom. The zero-order valence-electron chi connectivity index (χ0n) is 14.7. The fourth-order valence-corrected chi connectivity index (χ4v) is 2.76. The Bertz CT molecular complexity index is 1010. The normalized spacial score (nSPS) is 10.8. The minimum atomic E-state index is 0.564. The molecule has 0 bridgehead atoms. The third-order valence-corrected chi connectivity index (χ3v) is 4.18. The van der Waals surface area contributed by atoms with E-state index in [1.165, 1.54) is 0 Å². The Morgan fingerprint density at radius 1 is 1.04 bits per heavy atom. The highest BCUT2D eigenvalue weighted by molar-refractivity contribution is 5.74. The number of nitrogens with one attached hydrogen (secondary N) is 2. The second kappa shape index (κ2) is 6.84. The predicted molar refractivity (Wildman–Crippen MR) is 102 cm³/mol. The number of ether oxygens (including phenoxy) is 1. The highest BCUT2D eigenvalue weighted by Crippen LogP contribution is 2.22. The molecule has 2 heterocycles. The number of H-pyrrole nitrogens is 1. The SMILES string of the molecule is COc1ccc(-c2ncc(C)c(NCc3nc4ccccc4[nH]3)n2)cc1. The molecule has 0 spiro atoms. The molecule has 6 heteroatoms. The van der Waals surface area contributed by atoms with Gasteiger partial charge in [-0.2, -0.15) is 0 Å². The first-order valence-corrected chi connectivity index (χ1v) is 8.38. The molecule has 6 nitrogen and oxygen atoms in total. The van der Waals surface area contributed by atoms with Gasteiger partial charge in [0, 0.05) is 17.3 Å². The lowest BCUT2D eigenvalue weighted by atomic mass is 10.2. The fraction of sp³-hybridized carbons (Fsp3) is 0.150. The number of para-hydroxylation sites is 2. The van der Waals surface area contributed by atoms with Crippen LogP contribution in [-0.4, -0.2) is 27.0 Å². The van der Waals surface area contributed by atoms with Gasteiger partial charge in [0.2, 0.25) is 0 Å². The second-order valence-electron chi connectivity index (χ2n) is 6.01. The average Bonchev–Trinajstić information content (AvgIpc) is 3.10. The smallest absolute Gasteiger partial charge is 0.161 e. The summed E-state index contributed by atoms with van der Waals surface area (Å²) in [5.41, 5.74) is 3.92. The van der Waals surface area contributed by atoms with Gasteiger partial charge in [0.25, 0.3) is 0 Å². The van der Waals surface area contributed by atoms with Gasteiger partial charge in [-0.25, -0.2) is 15.0 Å². The first-order valence-electron chi connectivity index (χ1n) is 8.38. The molecule has 0 aliphatic carbocycles. The van der Waals surface area contributed by atoms with Crippen molar-refractivity contribution in [2.24, 2.45) is 0 Å². The number of hydrogen-bond donors (Lipinski definition) is 2. The van der Waals surface area contributed by atoms with Crippen molar-refractivity contribution >= 4 is 16.9 Å². The van der Waals surface area contributed by atoms with E-state index in [2.05, 4.69) is 25.3 Å². The van der Waals surface area contributed by atoms with Gasteiger partial charge in [-0.15, -0.1) is 0 Å². The summed E-state index contributed by atoms with van der Waals surface area (Å²) in [6.45, 7) is 2.55. The van der Waals surface area contributed by atoms with Crippen LogP contribution >= 0.6 is 0 Å². The van der Waals surface area contributed by atoms with Crippen LogP contribution in [0.5, 0.6) is 5.75 Å². The molecule has 26 heavy (non-hydrogen) atoms. The quantitative estimate of drug-likeness (QED) is 0.573. The summed E-state index contributed by atoms with van der Waals surface area (Å²) in [4.78, 5) is 17.0. The number of anilines is 1. The van der Waals surface area contributed by atoms with Crippen LogP contribution in [0.25, 0.3) is 22.4 Å². The highest BCUT2D eigenvalue weighted by Gasteiger charge is 2.08. The molecule has 0 amide bonds. The van der Waals surface area contributed by atoms with Crippen LogP contribution in [0.15, 0.2) is 54.7 Å². The standard InChI is InChI=1S/C20H19N5O/c1-13-11-21-20(14-7-9-15(26-2)10-8-14)25-19(13)22-12-18-23-16-5-3-4-6-17(16)24-18/h3-11H,12H2,1-2H3,(H,23,24)(H,21,22,25). The molecule has 0 saturated heterocycles. The maximum absolute atomic E-state index is 5.20. The number of aromatic amines is 1. The summed E-state index contributed by atoms with van der Waals surface area (Å²) in [6.07, 6.45) is 1.83. The lowest BCUT2D eigenvalue weighted by Crippen LogP contribution is -2.06. The van der Waals surface area contributed by atoms with E-state index in [1.807, 2.05) is 61.7 Å². The van der Waals surface area contributed by atoms with Crippen molar-refractivity contribution in [1.29, 1.82) is 0 Å². The van der Waals surface area contributed by atoms with Crippen LogP contribution in [0.1, 0.15) is 11.4 Å². The number of imidazole rings is 1. The first kappa shape index (κ1) is 16.1. The zero-order valence-corrected chi connectivity index (χ0v) is 14.7. The molecule has 0 fully saturated rings. The van der Waals surface area contributed by atoms with Crippen LogP contribution in [0.3, 0.4) is 0 Å². The largest absolute Gasteiger partial charge is 0.497 e. The molecule has 2 aromatic carbocycles. The molecule has 4 rings (SSSR count). The van der Waals surface area contributed by atoms with Gasteiger partial charge >= 0.3 is 0 Å². The molecule has 130 valence electrons. The average molecular weight is 345 g/mol. The van der Waals surface area contributed by atoms with Crippen molar-refractivity contribution in [2.75, 3.05) is 12.4 Å². The first-order chi connectivity index (χ1) is 12.7. The predicted octanol–water partition coefficient (Wildman–Crippen LogP) is 3.95. The van der Waals surface area contributed by atoms with Crippen LogP contribution < -0.4 is 10.1 Å². The number of benzene rings is 2. The van der Waals surface area contributed by atoms with E-state index in [0.717, 1.165) is 39.6 Å². The van der Waals surface area contributed by atoms with Crippen LogP contribution in [0, 0.1) is 6.92 Å². The number of rotatable bonds is 5. The second-order valence-corrected chi connectivity index (χ2v) is 6.01. The van der Waals surface area contributed by atoms with Gasteiger partial charge in [0.05, 0.1) is 24.7 Å². The Balaban J connectivity index is 1.55. The van der Waals surface area contributed by atoms with E-state index in [-0.39, 0.29) is 0 Å². The number of aromatic nitrogens is 4. The molecule has 0 radical (unpaired) electrons. The number of nitrogens with zero attached hydrogens (tertiary/aromatic N) is 3. The molecule has 0 aliphatic heterocycles. The summed E-state index contributed by atoms with van der Waals surface area (Å²) >= 11 is 0. The van der Waals surface area contributed by atoms with E-state index in [9.17, 15) is 0 Å². The maximum Gasteiger partial charge on any atom is 0.161 e. The van der Waals surface area contributed by atoms with Crippen molar-refractivity contribution in [3.05, 3.63) is 66.1 Å². The molecule has 0 atom stereocenters. The molecule has 0 unspecified atom stereocenters. The highest BCUT2D eigenvalue weighted by atomic mass is 16.5. The molecule has 0 saturated carbocycles. The summed E-state index contributed by atoms with van der Waals surface area (Å²) in [5, 5.41) is 3.35. The summed E-state index contributed by atoms with van der Waals surface area (Å²) in [5.74, 6) is 3.15. The molecular formula is C20H19N5O. The van der Waals surface area contributed by atoms with Crippen molar-refractivity contribution in [2.45, 2.75) is 13.5 Å². The van der Waals surface area contributed by atoms with Crippen LogP contribution in [0.4, 0.5) is 5.82 Å². The molecule has 4 aromatic rings. The Hall–Kier alpha value is -3.41. The Labute approximate surface area is 151 Å². The van der Waals surface area contributed by atoms with E-state index in [0.29, 0.717) is 12.4 Å². The van der Waals surface area contributed by atoms with Crippen molar-refractivity contribution < 1.29 is 4.74 Å². The fourth-order valence-electron chi connectivity index (χ4n) is 2.76. The lowest BCUT2D eigenvalue weighted by molar-refractivity contribution is 0.415. The van der Waals surface area contributed by atoms with Gasteiger partial charge in [0.15, 0.2) is 5.82 Å². The van der Waals surface area contributed by atoms with Gasteiger partial charge in [-0.05, 0) is 43.3 Å². The number of aryl methyl sites for hydroxylation is 1. The monoisotopic (exact) mass is 345 g/mol. The summed E-state index contributed by atoms with van der Waals surface area (Å²) in [7, 11) is 1.65. The van der Waals surface area contributed by atoms with E-state index in [4.69, 9.17) is 4.74 Å². The molecular weight excluding hydrogens is 326 g/mol. The lowest BCUT2D eigenvalue weighted by Gasteiger charge is -2.09. The molecule has 2 N–H and O–H groups in total. The van der Waals surface area contributed by atoms with Gasteiger partial charge in [-0.3, -0.25) is 0 Å². The third kappa shape index (κ3) is 3.21. The Kier molecular flexibility index (Phi) is 4.23. The zero-order chi connectivity index (χ0) is 17.9. The summed E-state index contributed by atoms with van der Waals surface area (Å²) < 4.78 is 5.20. The van der Waals surface area contributed by atoms with Gasteiger partial charge < -0.3 is 15.0 Å². The Morgan fingerprint density at radius 2 is 1.85 bits per heavy atom. The van der Waals surface area contributed by atoms with Gasteiger partial charge in [0.1, 0.15) is 17.4 Å². The molecule has 0 aliphatic rings. The number of fused-ring (bicyclic) bond motifs is 1. The van der Waals surface area contributed by atoms with Crippen molar-refractivity contribution in [3.63, 3.8) is 0 Å². The maximum atomic E-state index is 5.20. The van der Waals surface area contributed by atoms with Crippen molar-refractivity contribution in [1.82, 2.24) is 19.9 Å². The number of hydrogen-bond acceptors (Lipinski definition) is 5. The van der Waals surface area contributed by atoms with E-state index < -0.39 is 0 Å². The number of methoxy groups -OCH3 is 1. The topological polar surface area (TPSA) is 75.7 Å². The third-order valence-electron chi connectivity index (χ3n) is 4.18. The van der Waals surface area contributed by atoms with Crippen LogP contribution in [-0.2, 0) is 6.54 Å². The van der Waals surface area contributed by atoms with E-state index >= 15 is 0 Å². The van der Waals surface area contributed by atoms with E-state index in [1.54, 1.807) is 7.11 Å². The van der Waals surface area contributed by atoms with Crippen molar-refractivity contribution in [3.8, 4) is 17.1 Å². The van der Waals surface area contributed by atoms with Gasteiger partial charge in [-0.1, -0.05) is 12.1 Å². The minimum Gasteiger partial charge on any atom is -0.497 e. The molecule has 2 aromatic heterocycles.